The number of benzene rings is 2. The highest BCUT2D eigenvalue weighted by Crippen LogP contribution is 2.34. The van der Waals surface area contributed by atoms with E-state index >= 15 is 0 Å². The number of ether oxygens (including phenoxy) is 3. The summed E-state index contributed by atoms with van der Waals surface area (Å²) in [5.74, 6) is 6.30. The van der Waals surface area contributed by atoms with Crippen LogP contribution in [0.25, 0.3) is 10.2 Å². The van der Waals surface area contributed by atoms with Gasteiger partial charge in [0.05, 0.1) is 30.5 Å². The molecule has 0 radical (unpaired) electrons. The summed E-state index contributed by atoms with van der Waals surface area (Å²) in [4.78, 5) is 33.5. The summed E-state index contributed by atoms with van der Waals surface area (Å²) in [6.45, 7) is 18.9. The fraction of sp³-hybridized carbons (Fsp3) is 0.521. The number of fused-ring (bicyclic) bond motifs is 1. The number of hydrogen-bond donors (Lipinski definition) is 1. The molecule has 1 aliphatic heterocycles. The average molecular weight is 959 g/mol. The molecule has 1 aliphatic rings. The Hall–Kier alpha value is -4.58. The van der Waals surface area contributed by atoms with Crippen LogP contribution in [0.5, 0.6) is 5.75 Å². The summed E-state index contributed by atoms with van der Waals surface area (Å²) in [5, 5.41) is 13.7. The second-order valence-corrected chi connectivity index (χ2v) is 25.8. The number of carbonyl (C=O) groups is 1. The van der Waals surface area contributed by atoms with Gasteiger partial charge in [0.1, 0.15) is 6.73 Å². The van der Waals surface area contributed by atoms with Gasteiger partial charge in [0, 0.05) is 70.9 Å². The number of carbonyl (C=O) groups excluding carboxylic acids is 1. The molecule has 356 valence electrons. The lowest BCUT2D eigenvalue weighted by atomic mass is 10.2. The van der Waals surface area contributed by atoms with Crippen LogP contribution in [0.2, 0.25) is 25.7 Å². The zero-order chi connectivity index (χ0) is 47.1. The van der Waals surface area contributed by atoms with Crippen molar-refractivity contribution >= 4 is 63.7 Å². The lowest BCUT2D eigenvalue weighted by molar-refractivity contribution is 0.0593. The molecule has 0 bridgehead atoms. The van der Waals surface area contributed by atoms with Crippen molar-refractivity contribution in [2.75, 3.05) is 105 Å². The van der Waals surface area contributed by atoms with Gasteiger partial charge in [0.25, 0.3) is 0 Å². The van der Waals surface area contributed by atoms with Gasteiger partial charge in [-0.1, -0.05) is 55.0 Å². The summed E-state index contributed by atoms with van der Waals surface area (Å²) in [7, 11) is 6.15. The van der Waals surface area contributed by atoms with Crippen molar-refractivity contribution in [2.24, 2.45) is 4.99 Å². The summed E-state index contributed by atoms with van der Waals surface area (Å²) in [6.07, 6.45) is 2.77. The average Bonchev–Trinajstić information content (AvgIpc) is 3.87. The predicted molar refractivity (Wildman–Crippen MR) is 268 cm³/mol. The number of piperazine rings is 1. The van der Waals surface area contributed by atoms with Crippen LogP contribution in [-0.2, 0) is 22.6 Å². The lowest BCUT2D eigenvalue weighted by Crippen LogP contribution is -2.46. The molecule has 0 atom stereocenters. The number of hydrogen-bond acceptors (Lipinski definition) is 15. The molecule has 14 nitrogen and oxygen atoms in total. The second-order valence-electron chi connectivity index (χ2n) is 18.1. The van der Waals surface area contributed by atoms with E-state index in [1.807, 2.05) is 49.0 Å². The molecule has 66 heavy (non-hydrogen) atoms. The first-order valence-corrected chi connectivity index (χ1v) is 28.2. The van der Waals surface area contributed by atoms with E-state index in [1.54, 1.807) is 23.5 Å². The summed E-state index contributed by atoms with van der Waals surface area (Å²) in [5.41, 5.74) is 2.75. The molecule has 1 saturated heterocycles. The van der Waals surface area contributed by atoms with Crippen molar-refractivity contribution in [3.8, 4) is 17.6 Å². The monoisotopic (exact) mass is 958 g/mol. The van der Waals surface area contributed by atoms with Crippen molar-refractivity contribution in [3.63, 3.8) is 0 Å². The first-order valence-electron chi connectivity index (χ1n) is 22.9. The molecule has 3 aromatic heterocycles. The third-order valence-corrected chi connectivity index (χ3v) is 15.0. The summed E-state index contributed by atoms with van der Waals surface area (Å²) >= 11 is 3.02. The Morgan fingerprint density at radius 1 is 1.00 bits per heavy atom. The minimum atomic E-state index is -1.25. The normalized spacial score (nSPS) is 13.9. The Labute approximate surface area is 398 Å². The number of para-hydroxylation sites is 1. The number of nitrogens with zero attached hydrogens (tertiary/aromatic N) is 9. The van der Waals surface area contributed by atoms with Crippen LogP contribution >= 0.6 is 22.7 Å². The number of thiazole rings is 2. The first-order chi connectivity index (χ1) is 31.8. The van der Waals surface area contributed by atoms with Crippen LogP contribution in [0.4, 0.5) is 21.2 Å². The van der Waals surface area contributed by atoms with Gasteiger partial charge in [-0.05, 0) is 108 Å². The van der Waals surface area contributed by atoms with Crippen LogP contribution in [0.15, 0.2) is 53.5 Å². The number of aryl methyl sites for hydroxylation is 2. The predicted octanol–water partition coefficient (Wildman–Crippen LogP) is 7.41. The molecule has 0 saturated carbocycles. The maximum Gasteiger partial charge on any atom is 0.357 e. The Bertz CT molecular complexity index is 2490. The van der Waals surface area contributed by atoms with Crippen molar-refractivity contribution in [1.29, 1.82) is 0 Å². The molecule has 0 spiro atoms. The molecule has 5 aromatic rings. The number of rotatable bonds is 23. The summed E-state index contributed by atoms with van der Waals surface area (Å²) < 4.78 is 35.4. The molecule has 6 rings (SSSR count). The number of esters is 1. The number of unbranched alkanes of at least 4 members (excludes halogenated alkanes) is 1. The van der Waals surface area contributed by atoms with Gasteiger partial charge in [-0.3, -0.25) is 14.4 Å². The molecule has 1 N–H and O–H groups in total. The van der Waals surface area contributed by atoms with Crippen molar-refractivity contribution < 1.29 is 23.4 Å². The van der Waals surface area contributed by atoms with E-state index < -0.39 is 19.9 Å². The molecule has 0 aliphatic carbocycles. The fourth-order valence-electron chi connectivity index (χ4n) is 7.11. The quantitative estimate of drug-likeness (QED) is 0.0304. The minimum absolute atomic E-state index is 0.156. The molecule has 2 aromatic carbocycles. The van der Waals surface area contributed by atoms with E-state index in [0.29, 0.717) is 61.6 Å². The van der Waals surface area contributed by atoms with Gasteiger partial charge >= 0.3 is 5.97 Å². The number of methoxy groups -OCH3 is 1. The highest BCUT2D eigenvalue weighted by molar-refractivity contribution is 7.16. The van der Waals surface area contributed by atoms with Gasteiger partial charge in [0.2, 0.25) is 0 Å². The van der Waals surface area contributed by atoms with Crippen LogP contribution in [-0.4, -0.2) is 149 Å². The smallest absolute Gasteiger partial charge is 0.357 e. The van der Waals surface area contributed by atoms with Crippen LogP contribution in [0, 0.1) is 24.6 Å². The molecule has 4 heterocycles. The molecular weight excluding hydrogens is 892 g/mol. The zero-order valence-corrected chi connectivity index (χ0v) is 42.6. The third kappa shape index (κ3) is 15.2. The van der Waals surface area contributed by atoms with Crippen molar-refractivity contribution in [1.82, 2.24) is 39.8 Å². The van der Waals surface area contributed by atoms with E-state index in [2.05, 4.69) is 70.3 Å². The van der Waals surface area contributed by atoms with Gasteiger partial charge in [-0.25, -0.2) is 14.2 Å². The fourth-order valence-corrected chi connectivity index (χ4v) is 10.0. The largest absolute Gasteiger partial charge is 0.491 e. The number of nitrogens with one attached hydrogen (secondary N) is 1. The third-order valence-electron chi connectivity index (χ3n) is 11.1. The highest BCUT2D eigenvalue weighted by atomic mass is 32.1. The van der Waals surface area contributed by atoms with Gasteiger partial charge in [-0.15, -0.1) is 21.5 Å². The molecule has 1 fully saturated rings. The van der Waals surface area contributed by atoms with E-state index in [1.165, 1.54) is 24.5 Å². The van der Waals surface area contributed by atoms with Crippen LogP contribution < -0.4 is 19.8 Å². The molecule has 0 unspecified atom stereocenters. The maximum atomic E-state index is 14.9. The minimum Gasteiger partial charge on any atom is -0.491 e. The molecular formula is C48H67FN10O4S2Si. The standard InChI is InChI=1S/C48H67FN10O4S2Si/c1-36-33-43(53-54-45(36)52-48-59(35-62-31-32-66(6,7)8)39-16-9-10-17-41(39)64-48)58(24-12-11-21-50-22-25-57-28-26-56(4)27-29-57)47-51-44(46(60)61-5)42(65-47)18-14-30-63-40-20-19-37(34-38(40)49)15-13-23-55(2)3/h9-10,16-17,19-20,33-34,50H,11-12,14,18,21-32,35H2,1-8H3/b52-48-. The van der Waals surface area contributed by atoms with Crippen molar-refractivity contribution in [3.05, 3.63) is 80.8 Å². The second kappa shape index (κ2) is 25.0. The Balaban J connectivity index is 1.19. The number of likely N-dealkylation sites (N-methyl/N-ethyl adjacent to an activating group) is 1. The highest BCUT2D eigenvalue weighted by Gasteiger charge is 2.24. The topological polar surface area (TPSA) is 126 Å². The Morgan fingerprint density at radius 2 is 1.80 bits per heavy atom. The van der Waals surface area contributed by atoms with Crippen LogP contribution in [0.3, 0.4) is 0 Å². The van der Waals surface area contributed by atoms with Gasteiger partial charge < -0.3 is 29.3 Å². The maximum absolute atomic E-state index is 14.9. The zero-order valence-electron chi connectivity index (χ0n) is 40.0. The first kappa shape index (κ1) is 50.8. The Morgan fingerprint density at radius 3 is 2.55 bits per heavy atom. The lowest BCUT2D eigenvalue weighted by Gasteiger charge is -2.32. The number of halogens is 1. The van der Waals surface area contributed by atoms with Crippen molar-refractivity contribution in [2.45, 2.75) is 65.0 Å². The Kier molecular flexibility index (Phi) is 19.2. The van der Waals surface area contributed by atoms with E-state index in [4.69, 9.17) is 34.4 Å². The van der Waals surface area contributed by atoms with E-state index in [-0.39, 0.29) is 18.1 Å². The number of aromatic nitrogens is 4. The summed E-state index contributed by atoms with van der Waals surface area (Å²) in [6, 6.07) is 16.1. The van der Waals surface area contributed by atoms with Gasteiger partial charge in [0.15, 0.2) is 38.8 Å². The van der Waals surface area contributed by atoms with Gasteiger partial charge in [-0.2, -0.15) is 4.99 Å². The van der Waals surface area contributed by atoms with E-state index in [0.717, 1.165) is 90.2 Å². The molecule has 18 heteroatoms. The van der Waals surface area contributed by atoms with Crippen LogP contribution in [0.1, 0.15) is 45.8 Å². The SMILES string of the molecule is COC(=O)c1nc(N(CCCCNCCN2CCN(C)CC2)c2cc(C)c(/N=c3\sc4ccccc4n3COCC[Si](C)(C)C)nn2)sc1CCCOc1ccc(C#CCN(C)C)cc1F. The van der Waals surface area contributed by atoms with E-state index in [9.17, 15) is 9.18 Å². The number of anilines is 2. The molecule has 0 amide bonds.